The number of fused-ring (bicyclic) bond motifs is 1. The van der Waals surface area contributed by atoms with Crippen LogP contribution < -0.4 is 5.32 Å². The maximum absolute atomic E-state index is 14.3. The Labute approximate surface area is 258 Å². The summed E-state index contributed by atoms with van der Waals surface area (Å²) in [7, 11) is 0. The number of thiophene rings is 1. The van der Waals surface area contributed by atoms with Gasteiger partial charge in [-0.25, -0.2) is 4.79 Å². The van der Waals surface area contributed by atoms with Gasteiger partial charge in [-0.1, -0.05) is 84.4 Å². The molecule has 0 saturated heterocycles. The molecule has 1 heterocycles. The third kappa shape index (κ3) is 7.29. The van der Waals surface area contributed by atoms with E-state index < -0.39 is 24.5 Å². The summed E-state index contributed by atoms with van der Waals surface area (Å²) in [4.78, 5) is 39.4. The second kappa shape index (κ2) is 13.6. The standard InChI is InChI=1S/C34H29ClN2O5S/c35-26-15-16-31-27(17-26)29(21-43-31)33(40)37(20-28(23-7-3-1-4-8-23)24-9-5-2-6-10-24)19-22-11-13-25(14-12-22)32(39)36-18-30(38)34(41)42/h1-17,21,28,30,38H,18-20H2,(H,36,39)(H,41,42)/t30-/m1/s1. The Morgan fingerprint density at radius 3 is 2.09 bits per heavy atom. The minimum atomic E-state index is -1.69. The van der Waals surface area contributed by atoms with Gasteiger partial charge < -0.3 is 20.4 Å². The van der Waals surface area contributed by atoms with Gasteiger partial charge in [-0.15, -0.1) is 11.3 Å². The molecule has 0 aliphatic heterocycles. The molecule has 0 aliphatic carbocycles. The Hall–Kier alpha value is -4.50. The molecule has 0 bridgehead atoms. The first-order chi connectivity index (χ1) is 20.8. The van der Waals surface area contributed by atoms with E-state index in [1.807, 2.05) is 64.9 Å². The Morgan fingerprint density at radius 2 is 1.49 bits per heavy atom. The first-order valence-electron chi connectivity index (χ1n) is 13.6. The SMILES string of the molecule is O=C(NC[C@@H](O)C(=O)O)c1ccc(CN(CC(c2ccccc2)c2ccccc2)C(=O)c2csc3ccc(Cl)cc23)cc1. The van der Waals surface area contributed by atoms with Crippen LogP contribution in [0.25, 0.3) is 10.1 Å². The molecule has 4 aromatic carbocycles. The number of carboxylic acids is 1. The average Bonchev–Trinajstić information content (AvgIpc) is 3.45. The van der Waals surface area contributed by atoms with Crippen molar-refractivity contribution >= 4 is 50.8 Å². The number of aliphatic carboxylic acids is 1. The fraction of sp³-hybridized carbons (Fsp3) is 0.147. The highest BCUT2D eigenvalue weighted by Gasteiger charge is 2.25. The lowest BCUT2D eigenvalue weighted by atomic mass is 9.90. The zero-order chi connectivity index (χ0) is 30.3. The van der Waals surface area contributed by atoms with Gasteiger partial charge in [-0.05, 0) is 47.0 Å². The Morgan fingerprint density at radius 1 is 0.860 bits per heavy atom. The van der Waals surface area contributed by atoms with Crippen LogP contribution in [0.15, 0.2) is 109 Å². The summed E-state index contributed by atoms with van der Waals surface area (Å²) < 4.78 is 0.971. The predicted octanol–water partition coefficient (Wildman–Crippen LogP) is 6.20. The second-order valence-electron chi connectivity index (χ2n) is 10.1. The number of carbonyl (C=O) groups is 3. The van der Waals surface area contributed by atoms with Gasteiger partial charge in [-0.3, -0.25) is 9.59 Å². The van der Waals surface area contributed by atoms with Crippen LogP contribution in [0.2, 0.25) is 5.02 Å². The molecule has 1 aromatic heterocycles. The first kappa shape index (κ1) is 30.0. The molecule has 3 N–H and O–H groups in total. The molecule has 0 spiro atoms. The van der Waals surface area contributed by atoms with Gasteiger partial charge in [-0.2, -0.15) is 0 Å². The van der Waals surface area contributed by atoms with Crippen molar-refractivity contribution in [1.82, 2.24) is 10.2 Å². The largest absolute Gasteiger partial charge is 0.479 e. The fourth-order valence-corrected chi connectivity index (χ4v) is 6.00. The van der Waals surface area contributed by atoms with Crippen molar-refractivity contribution in [2.24, 2.45) is 0 Å². The number of benzene rings is 4. The number of carbonyl (C=O) groups excluding carboxylic acids is 2. The lowest BCUT2D eigenvalue weighted by Gasteiger charge is -2.29. The van der Waals surface area contributed by atoms with Crippen LogP contribution >= 0.6 is 22.9 Å². The second-order valence-corrected chi connectivity index (χ2v) is 11.5. The molecule has 7 nitrogen and oxygen atoms in total. The van der Waals surface area contributed by atoms with E-state index in [0.29, 0.717) is 22.7 Å². The Balaban J connectivity index is 1.46. The van der Waals surface area contributed by atoms with Crippen molar-refractivity contribution in [2.45, 2.75) is 18.6 Å². The normalized spacial score (nSPS) is 11.8. The lowest BCUT2D eigenvalue weighted by molar-refractivity contribution is -0.146. The van der Waals surface area contributed by atoms with Crippen LogP contribution in [-0.2, 0) is 11.3 Å². The zero-order valence-corrected chi connectivity index (χ0v) is 24.6. The van der Waals surface area contributed by atoms with E-state index in [2.05, 4.69) is 29.6 Å². The van der Waals surface area contributed by atoms with Gasteiger partial charge in [0.15, 0.2) is 6.10 Å². The van der Waals surface area contributed by atoms with Gasteiger partial charge in [0.05, 0.1) is 12.1 Å². The van der Waals surface area contributed by atoms with Crippen molar-refractivity contribution in [3.63, 3.8) is 0 Å². The highest BCUT2D eigenvalue weighted by atomic mass is 35.5. The zero-order valence-electron chi connectivity index (χ0n) is 23.0. The van der Waals surface area contributed by atoms with Gasteiger partial charge in [0.1, 0.15) is 0 Å². The summed E-state index contributed by atoms with van der Waals surface area (Å²) in [6.07, 6.45) is -1.69. The summed E-state index contributed by atoms with van der Waals surface area (Å²) in [5.41, 5.74) is 3.87. The molecular weight excluding hydrogens is 584 g/mol. The summed E-state index contributed by atoms with van der Waals surface area (Å²) in [6, 6.07) is 32.5. The number of hydrogen-bond acceptors (Lipinski definition) is 5. The molecule has 2 amide bonds. The highest BCUT2D eigenvalue weighted by molar-refractivity contribution is 7.17. The molecule has 0 fully saturated rings. The number of hydrogen-bond donors (Lipinski definition) is 3. The number of carboxylic acid groups (broad SMARTS) is 1. The van der Waals surface area contributed by atoms with Gasteiger partial charge >= 0.3 is 5.97 Å². The van der Waals surface area contributed by atoms with Crippen molar-refractivity contribution in [3.8, 4) is 0 Å². The summed E-state index contributed by atoms with van der Waals surface area (Å²) in [6.45, 7) is 0.282. The molecule has 218 valence electrons. The van der Waals surface area contributed by atoms with Gasteiger partial charge in [0.25, 0.3) is 11.8 Å². The van der Waals surface area contributed by atoms with E-state index in [-0.39, 0.29) is 18.4 Å². The molecule has 0 radical (unpaired) electrons. The lowest BCUT2D eigenvalue weighted by Crippen LogP contribution is -2.36. The quantitative estimate of drug-likeness (QED) is 0.165. The van der Waals surface area contributed by atoms with Crippen molar-refractivity contribution < 1.29 is 24.6 Å². The van der Waals surface area contributed by atoms with E-state index in [9.17, 15) is 19.5 Å². The molecule has 1 atom stereocenters. The van der Waals surface area contributed by atoms with Crippen LogP contribution in [0.3, 0.4) is 0 Å². The number of nitrogens with zero attached hydrogens (tertiary/aromatic N) is 1. The van der Waals surface area contributed by atoms with E-state index in [1.165, 1.54) is 11.3 Å². The number of aliphatic hydroxyl groups is 1. The number of aliphatic hydroxyl groups excluding tert-OH is 1. The van der Waals surface area contributed by atoms with Crippen molar-refractivity contribution in [3.05, 3.63) is 141 Å². The van der Waals surface area contributed by atoms with Crippen molar-refractivity contribution in [2.75, 3.05) is 13.1 Å². The topological polar surface area (TPSA) is 107 Å². The molecule has 5 rings (SSSR count). The molecule has 0 aliphatic rings. The summed E-state index contributed by atoms with van der Waals surface area (Å²) in [5, 5.41) is 23.9. The maximum Gasteiger partial charge on any atom is 0.334 e. The summed E-state index contributed by atoms with van der Waals surface area (Å²) >= 11 is 7.80. The molecule has 0 saturated carbocycles. The number of rotatable bonds is 11. The maximum atomic E-state index is 14.3. The number of amides is 2. The number of nitrogens with one attached hydrogen (secondary N) is 1. The van der Waals surface area contributed by atoms with Crippen molar-refractivity contribution in [1.29, 1.82) is 0 Å². The van der Waals surface area contributed by atoms with E-state index in [0.717, 1.165) is 26.8 Å². The molecule has 5 aromatic rings. The molecule has 9 heteroatoms. The van der Waals surface area contributed by atoms with Crippen LogP contribution in [0.4, 0.5) is 0 Å². The van der Waals surface area contributed by atoms with Crippen LogP contribution in [0.1, 0.15) is 43.3 Å². The fourth-order valence-electron chi connectivity index (χ4n) is 4.91. The minimum absolute atomic E-state index is 0.0921. The predicted molar refractivity (Wildman–Crippen MR) is 169 cm³/mol. The smallest absolute Gasteiger partial charge is 0.334 e. The Kier molecular flexibility index (Phi) is 9.51. The summed E-state index contributed by atoms with van der Waals surface area (Å²) in [5.74, 6) is -2.14. The van der Waals surface area contributed by atoms with E-state index >= 15 is 0 Å². The first-order valence-corrected chi connectivity index (χ1v) is 14.9. The van der Waals surface area contributed by atoms with E-state index in [1.54, 1.807) is 24.3 Å². The van der Waals surface area contributed by atoms with E-state index in [4.69, 9.17) is 16.7 Å². The Bertz CT molecular complexity index is 1690. The third-order valence-corrected chi connectivity index (χ3v) is 8.39. The number of halogens is 1. The third-order valence-electron chi connectivity index (χ3n) is 7.19. The molecule has 0 unspecified atom stereocenters. The minimum Gasteiger partial charge on any atom is -0.479 e. The van der Waals surface area contributed by atoms with Gasteiger partial charge in [0, 0.05) is 45.1 Å². The average molecular weight is 613 g/mol. The monoisotopic (exact) mass is 612 g/mol. The van der Waals surface area contributed by atoms with Crippen LogP contribution in [-0.4, -0.2) is 52.1 Å². The van der Waals surface area contributed by atoms with Gasteiger partial charge in [0.2, 0.25) is 0 Å². The molecule has 43 heavy (non-hydrogen) atoms. The molecular formula is C34H29ClN2O5S. The highest BCUT2D eigenvalue weighted by Crippen LogP contribution is 2.32. The van der Waals surface area contributed by atoms with Crippen LogP contribution in [0.5, 0.6) is 0 Å². The van der Waals surface area contributed by atoms with Crippen LogP contribution in [0, 0.1) is 0 Å².